The lowest BCUT2D eigenvalue weighted by Gasteiger charge is -2.27. The van der Waals surface area contributed by atoms with Crippen LogP contribution in [0.15, 0.2) is 60.8 Å². The van der Waals surface area contributed by atoms with Gasteiger partial charge in [0.05, 0.1) is 11.1 Å². The van der Waals surface area contributed by atoms with Crippen molar-refractivity contribution in [3.8, 4) is 0 Å². The van der Waals surface area contributed by atoms with Gasteiger partial charge in [0.15, 0.2) is 0 Å². The van der Waals surface area contributed by atoms with Gasteiger partial charge in [-0.3, -0.25) is 4.98 Å². The van der Waals surface area contributed by atoms with Crippen LogP contribution in [0, 0.1) is 5.82 Å². The van der Waals surface area contributed by atoms with Gasteiger partial charge in [0.25, 0.3) is 0 Å². The Morgan fingerprint density at radius 1 is 0.950 bits per heavy atom. The summed E-state index contributed by atoms with van der Waals surface area (Å²) < 4.78 is 14.1. The molecule has 0 bridgehead atoms. The normalized spacial score (nSPS) is 14.2. The molecule has 3 rings (SSSR count). The molecule has 3 aromatic rings. The van der Waals surface area contributed by atoms with Crippen LogP contribution in [0.1, 0.15) is 18.1 Å². The second-order valence-corrected chi connectivity index (χ2v) is 5.06. The number of hydrogen-bond donors (Lipinski definition) is 1. The minimum absolute atomic E-state index is 0.293. The first kappa shape index (κ1) is 12.8. The Morgan fingerprint density at radius 2 is 1.70 bits per heavy atom. The van der Waals surface area contributed by atoms with E-state index in [-0.39, 0.29) is 5.82 Å². The van der Waals surface area contributed by atoms with Crippen molar-refractivity contribution in [2.75, 3.05) is 0 Å². The number of halogens is 1. The molecule has 0 aliphatic carbocycles. The molecule has 0 amide bonds. The minimum Gasteiger partial charge on any atom is -0.318 e. The maximum Gasteiger partial charge on any atom is 0.128 e. The lowest BCUT2D eigenvalue weighted by atomic mass is 9.83. The van der Waals surface area contributed by atoms with E-state index in [9.17, 15) is 4.39 Å². The molecule has 0 fully saturated rings. The number of benzene rings is 2. The minimum atomic E-state index is -0.909. The van der Waals surface area contributed by atoms with Gasteiger partial charge in [0.2, 0.25) is 0 Å². The molecular weight excluding hydrogens is 251 g/mol. The Morgan fingerprint density at radius 3 is 2.50 bits per heavy atom. The Balaban J connectivity index is 2.27. The van der Waals surface area contributed by atoms with E-state index >= 15 is 0 Å². The summed E-state index contributed by atoms with van der Waals surface area (Å²) in [5.41, 5.74) is 7.76. The summed E-state index contributed by atoms with van der Waals surface area (Å²) in [4.78, 5) is 4.32. The van der Waals surface area contributed by atoms with Gasteiger partial charge in [-0.05, 0) is 30.7 Å². The van der Waals surface area contributed by atoms with Crippen LogP contribution < -0.4 is 5.73 Å². The second kappa shape index (κ2) is 4.69. The van der Waals surface area contributed by atoms with Crippen molar-refractivity contribution in [3.63, 3.8) is 0 Å². The maximum atomic E-state index is 14.1. The van der Waals surface area contributed by atoms with E-state index in [0.717, 1.165) is 16.5 Å². The summed E-state index contributed by atoms with van der Waals surface area (Å²) in [5, 5.41) is 0.947. The molecule has 0 aliphatic rings. The average Bonchev–Trinajstić information content (AvgIpc) is 2.47. The van der Waals surface area contributed by atoms with Gasteiger partial charge in [0.1, 0.15) is 5.82 Å². The zero-order valence-electron chi connectivity index (χ0n) is 11.2. The second-order valence-electron chi connectivity index (χ2n) is 5.06. The van der Waals surface area contributed by atoms with Gasteiger partial charge in [-0.2, -0.15) is 0 Å². The van der Waals surface area contributed by atoms with Crippen LogP contribution in [-0.4, -0.2) is 4.98 Å². The SMILES string of the molecule is CC(N)(c1ccccc1F)c1cccc2ncccc12. The highest BCUT2D eigenvalue weighted by Gasteiger charge is 2.28. The summed E-state index contributed by atoms with van der Waals surface area (Å²) in [5.74, 6) is -0.293. The third-order valence-electron chi connectivity index (χ3n) is 3.64. The Kier molecular flexibility index (Phi) is 2.99. The quantitative estimate of drug-likeness (QED) is 0.769. The fraction of sp³-hybridized carbons (Fsp3) is 0.118. The first-order chi connectivity index (χ1) is 9.60. The molecule has 1 unspecified atom stereocenters. The smallest absolute Gasteiger partial charge is 0.128 e. The van der Waals surface area contributed by atoms with Crippen LogP contribution in [0.25, 0.3) is 10.9 Å². The van der Waals surface area contributed by atoms with E-state index in [2.05, 4.69) is 4.98 Å². The van der Waals surface area contributed by atoms with Gasteiger partial charge in [-0.25, -0.2) is 4.39 Å². The Bertz CT molecular complexity index is 760. The van der Waals surface area contributed by atoms with Crippen LogP contribution >= 0.6 is 0 Å². The predicted octanol–water partition coefficient (Wildman–Crippen LogP) is 3.60. The third kappa shape index (κ3) is 1.96. The molecule has 3 heteroatoms. The number of fused-ring (bicyclic) bond motifs is 1. The maximum absolute atomic E-state index is 14.1. The molecule has 1 aromatic heterocycles. The molecule has 2 aromatic carbocycles. The molecular formula is C17H15FN2. The molecule has 0 saturated heterocycles. The van der Waals surface area contributed by atoms with E-state index in [1.807, 2.05) is 37.3 Å². The molecule has 2 nitrogen and oxygen atoms in total. The third-order valence-corrected chi connectivity index (χ3v) is 3.64. The Labute approximate surface area is 117 Å². The number of hydrogen-bond acceptors (Lipinski definition) is 2. The molecule has 2 N–H and O–H groups in total. The van der Waals surface area contributed by atoms with Gasteiger partial charge >= 0.3 is 0 Å². The van der Waals surface area contributed by atoms with E-state index in [0.29, 0.717) is 5.56 Å². The first-order valence-corrected chi connectivity index (χ1v) is 6.49. The van der Waals surface area contributed by atoms with Crippen LogP contribution in [0.3, 0.4) is 0 Å². The predicted molar refractivity (Wildman–Crippen MR) is 78.8 cm³/mol. The topological polar surface area (TPSA) is 38.9 Å². The van der Waals surface area contributed by atoms with Gasteiger partial charge in [0, 0.05) is 17.1 Å². The monoisotopic (exact) mass is 266 g/mol. The fourth-order valence-corrected chi connectivity index (χ4v) is 2.58. The fourth-order valence-electron chi connectivity index (χ4n) is 2.58. The van der Waals surface area contributed by atoms with Crippen molar-refractivity contribution in [2.24, 2.45) is 5.73 Å². The lowest BCUT2D eigenvalue weighted by molar-refractivity contribution is 0.533. The van der Waals surface area contributed by atoms with Crippen LogP contribution in [0.2, 0.25) is 0 Å². The molecule has 20 heavy (non-hydrogen) atoms. The largest absolute Gasteiger partial charge is 0.318 e. The summed E-state index contributed by atoms with van der Waals surface area (Å²) in [6.07, 6.45) is 1.74. The highest BCUT2D eigenvalue weighted by atomic mass is 19.1. The highest BCUT2D eigenvalue weighted by Crippen LogP contribution is 2.32. The number of nitrogens with two attached hydrogens (primary N) is 1. The number of aromatic nitrogens is 1. The summed E-state index contributed by atoms with van der Waals surface area (Å²) in [7, 11) is 0. The van der Waals surface area contributed by atoms with E-state index in [4.69, 9.17) is 5.73 Å². The zero-order valence-corrected chi connectivity index (χ0v) is 11.2. The number of nitrogens with zero attached hydrogens (tertiary/aromatic N) is 1. The van der Waals surface area contributed by atoms with Gasteiger partial charge < -0.3 is 5.73 Å². The molecule has 1 heterocycles. The standard InChI is InChI=1S/C17H15FN2/c1-17(19,14-7-2-3-9-15(14)18)13-8-4-10-16-12(13)6-5-11-20-16/h2-11H,19H2,1H3. The van der Waals surface area contributed by atoms with E-state index in [1.165, 1.54) is 6.07 Å². The van der Waals surface area contributed by atoms with Crippen molar-refractivity contribution in [1.82, 2.24) is 4.98 Å². The van der Waals surface area contributed by atoms with Crippen LogP contribution in [0.4, 0.5) is 4.39 Å². The van der Waals surface area contributed by atoms with E-state index in [1.54, 1.807) is 24.4 Å². The molecule has 0 spiro atoms. The number of pyridine rings is 1. The average molecular weight is 266 g/mol. The van der Waals surface area contributed by atoms with Crippen molar-refractivity contribution < 1.29 is 4.39 Å². The Hall–Kier alpha value is -2.26. The molecule has 100 valence electrons. The summed E-state index contributed by atoms with van der Waals surface area (Å²) in [6, 6.07) is 16.2. The van der Waals surface area contributed by atoms with Crippen molar-refractivity contribution in [2.45, 2.75) is 12.5 Å². The zero-order chi connectivity index (χ0) is 14.2. The van der Waals surface area contributed by atoms with Crippen molar-refractivity contribution in [1.29, 1.82) is 0 Å². The molecule has 0 radical (unpaired) electrons. The highest BCUT2D eigenvalue weighted by molar-refractivity contribution is 5.83. The first-order valence-electron chi connectivity index (χ1n) is 6.49. The molecule has 1 atom stereocenters. The van der Waals surface area contributed by atoms with Crippen molar-refractivity contribution in [3.05, 3.63) is 77.7 Å². The van der Waals surface area contributed by atoms with Crippen LogP contribution in [-0.2, 0) is 5.54 Å². The van der Waals surface area contributed by atoms with Gasteiger partial charge in [-0.1, -0.05) is 36.4 Å². The summed E-state index contributed by atoms with van der Waals surface area (Å²) in [6.45, 7) is 1.83. The van der Waals surface area contributed by atoms with Gasteiger partial charge in [-0.15, -0.1) is 0 Å². The van der Waals surface area contributed by atoms with Crippen LogP contribution in [0.5, 0.6) is 0 Å². The molecule has 0 aliphatic heterocycles. The summed E-state index contributed by atoms with van der Waals surface area (Å²) >= 11 is 0. The molecule has 0 saturated carbocycles. The van der Waals surface area contributed by atoms with Crippen molar-refractivity contribution >= 4 is 10.9 Å². The lowest BCUT2D eigenvalue weighted by Crippen LogP contribution is -2.35. The number of rotatable bonds is 2. The van der Waals surface area contributed by atoms with E-state index < -0.39 is 5.54 Å².